The summed E-state index contributed by atoms with van der Waals surface area (Å²) in [6.45, 7) is 7.12. The zero-order chi connectivity index (χ0) is 20.1. The largest absolute Gasteiger partial charge is 0.378 e. The van der Waals surface area contributed by atoms with Gasteiger partial charge in [0.2, 0.25) is 5.91 Å². The van der Waals surface area contributed by atoms with Crippen LogP contribution in [-0.2, 0) is 16.1 Å². The lowest BCUT2D eigenvalue weighted by atomic mass is 9.96. The van der Waals surface area contributed by atoms with Crippen molar-refractivity contribution in [3.63, 3.8) is 0 Å². The van der Waals surface area contributed by atoms with Gasteiger partial charge in [-0.25, -0.2) is 4.39 Å². The van der Waals surface area contributed by atoms with Crippen molar-refractivity contribution in [2.24, 2.45) is 5.92 Å². The molecule has 3 saturated heterocycles. The quantitative estimate of drug-likeness (QED) is 0.773. The Morgan fingerprint density at radius 1 is 1.00 bits per heavy atom. The number of likely N-dealkylation sites (tertiary alicyclic amines) is 2. The molecule has 3 heterocycles. The Hall–Kier alpha value is -1.66. The van der Waals surface area contributed by atoms with Crippen molar-refractivity contribution in [2.45, 2.75) is 45.1 Å². The van der Waals surface area contributed by atoms with E-state index in [0.29, 0.717) is 31.4 Å². The molecule has 0 bridgehead atoms. The summed E-state index contributed by atoms with van der Waals surface area (Å²) in [5.41, 5.74) is 1.66. The summed E-state index contributed by atoms with van der Waals surface area (Å²) < 4.78 is 20.1. The van der Waals surface area contributed by atoms with Crippen LogP contribution in [0.2, 0.25) is 0 Å². The third-order valence-electron chi connectivity index (χ3n) is 6.54. The molecule has 1 aromatic carbocycles. The summed E-state index contributed by atoms with van der Waals surface area (Å²) in [7, 11) is 0. The number of morpholine rings is 1. The smallest absolute Gasteiger partial charge is 0.226 e. The maximum absolute atomic E-state index is 14.7. The number of nitrogens with zero attached hydrogens (tertiary/aromatic N) is 3. The Bertz CT molecular complexity index is 685. The van der Waals surface area contributed by atoms with Gasteiger partial charge in [0, 0.05) is 39.3 Å². The second-order valence-electron chi connectivity index (χ2n) is 8.70. The Balaban J connectivity index is 1.35. The maximum atomic E-state index is 14.7. The van der Waals surface area contributed by atoms with E-state index in [2.05, 4.69) is 14.7 Å². The van der Waals surface area contributed by atoms with Crippen LogP contribution in [0.1, 0.15) is 44.1 Å². The lowest BCUT2D eigenvalue weighted by molar-refractivity contribution is -0.137. The highest BCUT2D eigenvalue weighted by Gasteiger charge is 2.29. The minimum absolute atomic E-state index is 0.0966. The van der Waals surface area contributed by atoms with Gasteiger partial charge in [-0.2, -0.15) is 0 Å². The molecule has 29 heavy (non-hydrogen) atoms. The van der Waals surface area contributed by atoms with Gasteiger partial charge >= 0.3 is 0 Å². The molecule has 0 spiro atoms. The molecule has 0 aromatic heterocycles. The Morgan fingerprint density at radius 3 is 2.48 bits per heavy atom. The number of anilines is 1. The molecule has 0 N–H and O–H groups in total. The van der Waals surface area contributed by atoms with Crippen LogP contribution in [0.3, 0.4) is 0 Å². The first-order valence-electron chi connectivity index (χ1n) is 11.3. The molecule has 6 heteroatoms. The average Bonchev–Trinajstić information content (AvgIpc) is 3.04. The number of halogens is 1. The highest BCUT2D eigenvalue weighted by molar-refractivity contribution is 5.79. The fraction of sp³-hybridized carbons (Fsp3) is 0.696. The van der Waals surface area contributed by atoms with Crippen molar-refractivity contribution in [1.82, 2.24) is 9.80 Å². The number of benzene rings is 1. The second kappa shape index (κ2) is 9.90. The molecule has 160 valence electrons. The predicted molar refractivity (Wildman–Crippen MR) is 112 cm³/mol. The topological polar surface area (TPSA) is 36.0 Å². The predicted octanol–water partition coefficient (Wildman–Crippen LogP) is 3.28. The summed E-state index contributed by atoms with van der Waals surface area (Å²) in [5, 5.41) is 0. The van der Waals surface area contributed by atoms with Gasteiger partial charge in [-0.05, 0) is 49.9 Å². The van der Waals surface area contributed by atoms with Crippen molar-refractivity contribution in [3.05, 3.63) is 29.6 Å². The van der Waals surface area contributed by atoms with Crippen molar-refractivity contribution in [2.75, 3.05) is 57.4 Å². The molecular weight excluding hydrogens is 369 g/mol. The lowest BCUT2D eigenvalue weighted by Crippen LogP contribution is -2.44. The van der Waals surface area contributed by atoms with Gasteiger partial charge in [0.1, 0.15) is 5.82 Å². The van der Waals surface area contributed by atoms with E-state index in [9.17, 15) is 9.18 Å². The first kappa shape index (κ1) is 20.6. The van der Waals surface area contributed by atoms with Crippen LogP contribution in [0.4, 0.5) is 10.1 Å². The first-order valence-corrected chi connectivity index (χ1v) is 11.3. The minimum atomic E-state index is -0.154. The van der Waals surface area contributed by atoms with Gasteiger partial charge in [-0.1, -0.05) is 18.9 Å². The summed E-state index contributed by atoms with van der Waals surface area (Å²) in [4.78, 5) is 19.5. The number of rotatable bonds is 4. The third kappa shape index (κ3) is 5.28. The van der Waals surface area contributed by atoms with Crippen molar-refractivity contribution < 1.29 is 13.9 Å². The molecule has 0 saturated carbocycles. The summed E-state index contributed by atoms with van der Waals surface area (Å²) in [6, 6.07) is 5.61. The molecule has 3 aliphatic heterocycles. The van der Waals surface area contributed by atoms with E-state index >= 15 is 0 Å². The first-order chi connectivity index (χ1) is 14.2. The van der Waals surface area contributed by atoms with E-state index in [-0.39, 0.29) is 11.7 Å². The standard InChI is InChI=1S/C23H34FN3O2/c24-21-16-19(7-8-22(21)26-12-14-29-15-13-26)17-25-9-5-6-20(18-25)23(28)27-10-3-1-2-4-11-27/h7-8,16,20H,1-6,9-15,17-18H2/t20-/m0/s1. The van der Waals surface area contributed by atoms with Crippen LogP contribution in [0, 0.1) is 11.7 Å². The minimum Gasteiger partial charge on any atom is -0.378 e. The van der Waals surface area contributed by atoms with Crippen LogP contribution in [0.15, 0.2) is 18.2 Å². The fourth-order valence-corrected chi connectivity index (χ4v) is 4.92. The van der Waals surface area contributed by atoms with Gasteiger partial charge in [0.05, 0.1) is 24.8 Å². The number of hydrogen-bond acceptors (Lipinski definition) is 4. The Morgan fingerprint density at radius 2 is 1.76 bits per heavy atom. The van der Waals surface area contributed by atoms with Crippen molar-refractivity contribution in [3.8, 4) is 0 Å². The lowest BCUT2D eigenvalue weighted by Gasteiger charge is -2.35. The zero-order valence-corrected chi connectivity index (χ0v) is 17.5. The van der Waals surface area contributed by atoms with E-state index in [1.807, 2.05) is 12.1 Å². The van der Waals surface area contributed by atoms with Gasteiger partial charge in [0.15, 0.2) is 0 Å². The van der Waals surface area contributed by atoms with Crippen LogP contribution in [-0.4, -0.2) is 68.2 Å². The Kier molecular flexibility index (Phi) is 7.03. The molecule has 4 rings (SSSR count). The highest BCUT2D eigenvalue weighted by Crippen LogP contribution is 2.25. The maximum Gasteiger partial charge on any atom is 0.226 e. The van der Waals surface area contributed by atoms with Gasteiger partial charge in [-0.3, -0.25) is 9.69 Å². The van der Waals surface area contributed by atoms with Gasteiger partial charge in [0.25, 0.3) is 0 Å². The van der Waals surface area contributed by atoms with Crippen LogP contribution < -0.4 is 4.90 Å². The van der Waals surface area contributed by atoms with E-state index in [1.165, 1.54) is 12.8 Å². The SMILES string of the molecule is O=C([C@H]1CCCN(Cc2ccc(N3CCOCC3)c(F)c2)C1)N1CCCCCC1. The van der Waals surface area contributed by atoms with Crippen LogP contribution in [0.25, 0.3) is 0 Å². The van der Waals surface area contributed by atoms with Crippen molar-refractivity contribution in [1.29, 1.82) is 0 Å². The average molecular weight is 404 g/mol. The molecular formula is C23H34FN3O2. The molecule has 5 nitrogen and oxygen atoms in total. The number of carbonyl (C=O) groups is 1. The van der Waals surface area contributed by atoms with Crippen LogP contribution in [0.5, 0.6) is 0 Å². The molecule has 0 aliphatic carbocycles. The third-order valence-corrected chi connectivity index (χ3v) is 6.54. The van der Waals surface area contributed by atoms with E-state index in [1.54, 1.807) is 6.07 Å². The summed E-state index contributed by atoms with van der Waals surface area (Å²) >= 11 is 0. The number of amides is 1. The number of piperidine rings is 1. The summed E-state index contributed by atoms with van der Waals surface area (Å²) in [5.74, 6) is 0.281. The number of carbonyl (C=O) groups excluding carboxylic acids is 1. The van der Waals surface area contributed by atoms with E-state index in [4.69, 9.17) is 4.74 Å². The van der Waals surface area contributed by atoms with Crippen LogP contribution >= 0.6 is 0 Å². The summed E-state index contributed by atoms with van der Waals surface area (Å²) in [6.07, 6.45) is 6.78. The van der Waals surface area contributed by atoms with Gasteiger partial charge < -0.3 is 14.5 Å². The molecule has 0 radical (unpaired) electrons. The molecule has 3 aliphatic rings. The highest BCUT2D eigenvalue weighted by atomic mass is 19.1. The van der Waals surface area contributed by atoms with Gasteiger partial charge in [-0.15, -0.1) is 0 Å². The molecule has 0 unspecified atom stereocenters. The Labute approximate surface area is 173 Å². The van der Waals surface area contributed by atoms with E-state index < -0.39 is 0 Å². The van der Waals surface area contributed by atoms with Crippen molar-refractivity contribution >= 4 is 11.6 Å². The molecule has 1 atom stereocenters. The number of hydrogen-bond donors (Lipinski definition) is 0. The molecule has 1 aromatic rings. The normalized spacial score (nSPS) is 24.4. The molecule has 1 amide bonds. The fourth-order valence-electron chi connectivity index (χ4n) is 4.92. The molecule has 3 fully saturated rings. The van der Waals surface area contributed by atoms with E-state index in [0.717, 1.165) is 70.5 Å². The zero-order valence-electron chi connectivity index (χ0n) is 17.5. The monoisotopic (exact) mass is 403 g/mol. The number of ether oxygens (including phenoxy) is 1. The second-order valence-corrected chi connectivity index (χ2v) is 8.70.